The molecule has 0 aliphatic heterocycles. The van der Waals surface area contributed by atoms with Crippen LogP contribution in [0.15, 0.2) is 0 Å². The van der Waals surface area contributed by atoms with E-state index in [2.05, 4.69) is 20.8 Å². The third-order valence-corrected chi connectivity index (χ3v) is 0. The van der Waals surface area contributed by atoms with E-state index >= 15 is 0 Å². The van der Waals surface area contributed by atoms with Gasteiger partial charge in [-0.05, 0) is 0 Å². The molecule has 0 aliphatic rings. The van der Waals surface area contributed by atoms with E-state index in [1.165, 1.54) is 5.92 Å². The van der Waals surface area contributed by atoms with Crippen LogP contribution in [0.1, 0.15) is 20.8 Å². The molecule has 0 spiro atoms. The monoisotopic (exact) mass is 270 g/mol. The first kappa shape index (κ1) is 31.5. The van der Waals surface area contributed by atoms with Gasteiger partial charge in [-0.2, -0.15) is 20.8 Å². The van der Waals surface area contributed by atoms with Crippen LogP contribution in [0.5, 0.6) is 0 Å². The molecule has 0 bridgehead atoms. The van der Waals surface area contributed by atoms with E-state index in [4.69, 9.17) is 3.76 Å². The second-order valence-electron chi connectivity index (χ2n) is 1.50. The zero-order valence-corrected chi connectivity index (χ0v) is 10.0. The standard InChI is InChI=1S/C4H9.3ClH.HN.Nb/c1-4(2)3;;;;;/h1-3H3;4*1H;/q-1;;;;;/p-3. The summed E-state index contributed by atoms with van der Waals surface area (Å²) in [6, 6.07) is 0. The van der Waals surface area contributed by atoms with Crippen LogP contribution in [0, 0.1) is 9.67 Å². The first-order chi connectivity index (χ1) is 2.73. The van der Waals surface area contributed by atoms with Gasteiger partial charge in [0.1, 0.15) is 0 Å². The van der Waals surface area contributed by atoms with E-state index in [9.17, 15) is 0 Å². The number of nitrogens with one attached hydrogen (secondary N) is 1. The molecule has 0 rings (SSSR count). The summed E-state index contributed by atoms with van der Waals surface area (Å²) in [4.78, 5) is 0. The number of hydrogen-bond acceptors (Lipinski definition) is 1. The summed E-state index contributed by atoms with van der Waals surface area (Å²) < 4.78 is 5.80. The van der Waals surface area contributed by atoms with Crippen LogP contribution < -0.4 is 37.2 Å². The van der Waals surface area contributed by atoms with E-state index < -0.39 is 0 Å². The predicted octanol–water partition coefficient (Wildman–Crippen LogP) is -7.07. The fraction of sp³-hybridized carbons (Fsp3) is 0.750. The molecule has 0 aromatic carbocycles. The molecule has 9 heavy (non-hydrogen) atoms. The SMILES string of the molecule is C[C-](C)C.[Cl-].[Cl-].[Cl-].[NH]=[Nb]. The number of hydrogen-bond donors (Lipinski definition) is 1. The summed E-state index contributed by atoms with van der Waals surface area (Å²) in [6.07, 6.45) is 0. The molecule has 1 N–H and O–H groups in total. The fourth-order valence-corrected chi connectivity index (χ4v) is 0. The van der Waals surface area contributed by atoms with E-state index in [0.717, 1.165) is 20.9 Å². The van der Waals surface area contributed by atoms with Crippen LogP contribution in [0.2, 0.25) is 0 Å². The molecule has 0 fully saturated rings. The van der Waals surface area contributed by atoms with Crippen LogP contribution in [-0.2, 0) is 20.9 Å². The van der Waals surface area contributed by atoms with Crippen molar-refractivity contribution in [3.8, 4) is 0 Å². The molecule has 5 heteroatoms. The Bertz CT molecular complexity index is 27.0. The van der Waals surface area contributed by atoms with Gasteiger partial charge in [0.2, 0.25) is 0 Å². The number of rotatable bonds is 0. The Morgan fingerprint density at radius 3 is 0.889 bits per heavy atom. The van der Waals surface area contributed by atoms with Crippen LogP contribution in [0.25, 0.3) is 0 Å². The fourth-order valence-electron chi connectivity index (χ4n) is 0. The normalized spacial score (nSPS) is 4.33. The van der Waals surface area contributed by atoms with Crippen molar-refractivity contribution in [3.05, 3.63) is 5.92 Å². The average molecular weight is 271 g/mol. The summed E-state index contributed by atoms with van der Waals surface area (Å²) in [5.74, 6) is 1.42. The van der Waals surface area contributed by atoms with Gasteiger partial charge in [-0.15, -0.1) is 0 Å². The maximum absolute atomic E-state index is 5.80. The topological polar surface area (TPSA) is 23.9 Å². The molecular formula is C4H10Cl3NNb-4. The molecule has 0 saturated carbocycles. The van der Waals surface area contributed by atoms with Crippen molar-refractivity contribution >= 4 is 0 Å². The third kappa shape index (κ3) is 260. The van der Waals surface area contributed by atoms with Gasteiger partial charge in [-0.3, -0.25) is 0 Å². The quantitative estimate of drug-likeness (QED) is 0.334. The van der Waals surface area contributed by atoms with Crippen molar-refractivity contribution in [1.29, 1.82) is 3.76 Å². The zero-order chi connectivity index (χ0) is 5.58. The third-order valence-electron chi connectivity index (χ3n) is 0. The summed E-state index contributed by atoms with van der Waals surface area (Å²) in [5.41, 5.74) is 0. The van der Waals surface area contributed by atoms with Gasteiger partial charge >= 0.3 is 24.6 Å². The Hall–Kier alpha value is 1.41. The molecule has 0 saturated heterocycles. The molecule has 0 radical (unpaired) electrons. The molecule has 61 valence electrons. The Morgan fingerprint density at radius 1 is 0.889 bits per heavy atom. The zero-order valence-electron chi connectivity index (χ0n) is 5.58. The van der Waals surface area contributed by atoms with Crippen LogP contribution in [0.4, 0.5) is 0 Å². The minimum absolute atomic E-state index is 0. The Kier molecular flexibility index (Phi) is 120. The summed E-state index contributed by atoms with van der Waals surface area (Å²) in [6.45, 7) is 6.25. The van der Waals surface area contributed by atoms with E-state index in [1.54, 1.807) is 0 Å². The van der Waals surface area contributed by atoms with E-state index in [-0.39, 0.29) is 37.2 Å². The molecule has 0 amide bonds. The molecule has 0 aromatic heterocycles. The van der Waals surface area contributed by atoms with Crippen LogP contribution >= 0.6 is 0 Å². The Balaban J connectivity index is -0.00000000990. The van der Waals surface area contributed by atoms with Gasteiger partial charge in [0.15, 0.2) is 0 Å². The van der Waals surface area contributed by atoms with Gasteiger partial charge in [0.05, 0.1) is 0 Å². The van der Waals surface area contributed by atoms with Crippen molar-refractivity contribution in [2.75, 3.05) is 0 Å². The number of halogens is 3. The molecule has 0 heterocycles. The van der Waals surface area contributed by atoms with Gasteiger partial charge in [-0.1, -0.05) is 0 Å². The van der Waals surface area contributed by atoms with Crippen LogP contribution in [0.3, 0.4) is 0 Å². The maximum atomic E-state index is 5.80. The second kappa shape index (κ2) is 34.2. The van der Waals surface area contributed by atoms with Crippen molar-refractivity contribution < 1.29 is 58.1 Å². The van der Waals surface area contributed by atoms with Crippen molar-refractivity contribution in [1.82, 2.24) is 0 Å². The van der Waals surface area contributed by atoms with Crippen molar-refractivity contribution in [2.45, 2.75) is 20.8 Å². The first-order valence-electron chi connectivity index (χ1n) is 1.72. The van der Waals surface area contributed by atoms with E-state index in [0.29, 0.717) is 0 Å². The van der Waals surface area contributed by atoms with Crippen molar-refractivity contribution in [3.63, 3.8) is 0 Å². The first-order valence-corrected chi connectivity index (χ1v) is 2.82. The molecule has 0 aromatic rings. The average Bonchev–Trinajstić information content (AvgIpc) is 1.41. The van der Waals surface area contributed by atoms with Gasteiger partial charge in [0.25, 0.3) is 0 Å². The summed E-state index contributed by atoms with van der Waals surface area (Å²) in [5, 5.41) is 0. The molecule has 1 nitrogen and oxygen atoms in total. The predicted molar refractivity (Wildman–Crippen MR) is 23.0 cm³/mol. The molecular weight excluding hydrogens is 261 g/mol. The van der Waals surface area contributed by atoms with E-state index in [1.807, 2.05) is 0 Å². The molecule has 0 unspecified atom stereocenters. The minimum atomic E-state index is 0. The van der Waals surface area contributed by atoms with Crippen LogP contribution in [-0.4, -0.2) is 0 Å². The summed E-state index contributed by atoms with van der Waals surface area (Å²) in [7, 11) is 0. The Labute approximate surface area is 88.2 Å². The Morgan fingerprint density at radius 2 is 0.889 bits per heavy atom. The van der Waals surface area contributed by atoms with Gasteiger partial charge in [-0.25, -0.2) is 0 Å². The van der Waals surface area contributed by atoms with Gasteiger partial charge in [0, 0.05) is 0 Å². The molecule has 0 aliphatic carbocycles. The van der Waals surface area contributed by atoms with Crippen molar-refractivity contribution in [2.24, 2.45) is 0 Å². The molecule has 0 atom stereocenters. The second-order valence-corrected chi connectivity index (χ2v) is 1.50. The van der Waals surface area contributed by atoms with Gasteiger partial charge < -0.3 is 43.1 Å². The summed E-state index contributed by atoms with van der Waals surface area (Å²) >= 11 is 1.00.